The Bertz CT molecular complexity index is 967. The number of non-ortho nitro benzene ring substituents is 1. The van der Waals surface area contributed by atoms with E-state index in [1.807, 2.05) is 30.3 Å². The predicted octanol–water partition coefficient (Wildman–Crippen LogP) is 2.63. The molecule has 124 valence electrons. The number of carbonyl (C=O) groups excluding carboxylic acids is 1. The molecule has 0 fully saturated rings. The minimum absolute atomic E-state index is 0.0316. The number of amides is 1. The van der Waals surface area contributed by atoms with Crippen molar-refractivity contribution in [3.63, 3.8) is 0 Å². The number of rotatable bonds is 3. The van der Waals surface area contributed by atoms with Crippen molar-refractivity contribution in [1.82, 2.24) is 15.1 Å². The second kappa shape index (κ2) is 5.75. The Labute approximate surface area is 142 Å². The van der Waals surface area contributed by atoms with Crippen molar-refractivity contribution in [2.45, 2.75) is 6.17 Å². The molecule has 2 N–H and O–H groups in total. The zero-order chi connectivity index (χ0) is 17.4. The van der Waals surface area contributed by atoms with Crippen LogP contribution >= 0.6 is 0 Å². The number of anilines is 1. The summed E-state index contributed by atoms with van der Waals surface area (Å²) in [4.78, 5) is 22.9. The summed E-state index contributed by atoms with van der Waals surface area (Å²) in [6.45, 7) is 0. The molecular weight excluding hydrogens is 322 g/mol. The molecule has 0 unspecified atom stereocenters. The monoisotopic (exact) mass is 335 g/mol. The first kappa shape index (κ1) is 14.9. The van der Waals surface area contributed by atoms with Crippen LogP contribution in [0.3, 0.4) is 0 Å². The molecule has 8 nitrogen and oxygen atoms in total. The average Bonchev–Trinajstić information content (AvgIpc) is 3.07. The molecule has 0 aliphatic carbocycles. The van der Waals surface area contributed by atoms with Gasteiger partial charge in [-0.1, -0.05) is 30.3 Å². The van der Waals surface area contributed by atoms with Crippen molar-refractivity contribution in [3.8, 4) is 5.69 Å². The van der Waals surface area contributed by atoms with Crippen molar-refractivity contribution in [2.24, 2.45) is 0 Å². The van der Waals surface area contributed by atoms with E-state index in [4.69, 9.17) is 0 Å². The van der Waals surface area contributed by atoms with Gasteiger partial charge < -0.3 is 10.6 Å². The van der Waals surface area contributed by atoms with Gasteiger partial charge >= 0.3 is 0 Å². The lowest BCUT2D eigenvalue weighted by atomic mass is 10.1. The second-order valence-corrected chi connectivity index (χ2v) is 5.56. The van der Waals surface area contributed by atoms with Gasteiger partial charge in [-0.25, -0.2) is 4.68 Å². The van der Waals surface area contributed by atoms with E-state index in [1.54, 1.807) is 16.8 Å². The van der Waals surface area contributed by atoms with Crippen molar-refractivity contribution < 1.29 is 9.72 Å². The van der Waals surface area contributed by atoms with Crippen molar-refractivity contribution in [1.29, 1.82) is 0 Å². The fraction of sp³-hybridized carbons (Fsp3) is 0.0588. The standard InChI is InChI=1S/C17H13N5O3/c23-17-14-10-18-21(12-6-2-1-3-7-12)16(14)19-15(20-17)11-5-4-8-13(9-11)22(24)25/h1-10,15,19H,(H,20,23)/t15-/m0/s1. The van der Waals surface area contributed by atoms with Crippen LogP contribution in [0.5, 0.6) is 0 Å². The molecule has 1 aliphatic rings. The molecule has 1 atom stereocenters. The number of para-hydroxylation sites is 1. The third-order valence-electron chi connectivity index (χ3n) is 3.99. The summed E-state index contributed by atoms with van der Waals surface area (Å²) in [5, 5.41) is 21.3. The van der Waals surface area contributed by atoms with Crippen molar-refractivity contribution in [3.05, 3.63) is 82.0 Å². The SMILES string of the molecule is O=C1N[C@@H](c2cccc([N+](=O)[O-])c2)Nc2c1cnn2-c1ccccc1. The molecule has 8 heteroatoms. The molecule has 0 saturated carbocycles. The molecule has 1 aromatic heterocycles. The van der Waals surface area contributed by atoms with E-state index >= 15 is 0 Å². The Morgan fingerprint density at radius 1 is 1.08 bits per heavy atom. The van der Waals surface area contributed by atoms with Crippen LogP contribution in [0.1, 0.15) is 22.1 Å². The molecule has 2 heterocycles. The van der Waals surface area contributed by atoms with Crippen molar-refractivity contribution >= 4 is 17.4 Å². The summed E-state index contributed by atoms with van der Waals surface area (Å²) >= 11 is 0. The lowest BCUT2D eigenvalue weighted by Gasteiger charge is -2.26. The van der Waals surface area contributed by atoms with Gasteiger partial charge in [0.25, 0.3) is 11.6 Å². The summed E-state index contributed by atoms with van der Waals surface area (Å²) in [6, 6.07) is 15.6. The Morgan fingerprint density at radius 3 is 2.64 bits per heavy atom. The van der Waals surface area contributed by atoms with Crippen LogP contribution in [0.4, 0.5) is 11.5 Å². The average molecular weight is 335 g/mol. The van der Waals surface area contributed by atoms with Crippen LogP contribution in [0.2, 0.25) is 0 Å². The summed E-state index contributed by atoms with van der Waals surface area (Å²) in [5.41, 5.74) is 1.79. The highest BCUT2D eigenvalue weighted by atomic mass is 16.6. The Hall–Kier alpha value is -3.68. The van der Waals surface area contributed by atoms with Crippen molar-refractivity contribution in [2.75, 3.05) is 5.32 Å². The van der Waals surface area contributed by atoms with Crippen LogP contribution in [-0.2, 0) is 0 Å². The fourth-order valence-electron chi connectivity index (χ4n) is 2.78. The number of nitrogens with one attached hydrogen (secondary N) is 2. The van der Waals surface area contributed by atoms with Crippen LogP contribution < -0.4 is 10.6 Å². The molecule has 1 aliphatic heterocycles. The van der Waals surface area contributed by atoms with Gasteiger partial charge in [-0.2, -0.15) is 5.10 Å². The number of nitrogens with zero attached hydrogens (tertiary/aromatic N) is 3. The summed E-state index contributed by atoms with van der Waals surface area (Å²) < 4.78 is 1.64. The number of nitro groups is 1. The van der Waals surface area contributed by atoms with Gasteiger partial charge in [0.1, 0.15) is 17.5 Å². The zero-order valence-electron chi connectivity index (χ0n) is 12.9. The number of carbonyl (C=O) groups is 1. The predicted molar refractivity (Wildman–Crippen MR) is 90.5 cm³/mol. The first-order chi connectivity index (χ1) is 12.1. The number of hydrogen-bond acceptors (Lipinski definition) is 5. The largest absolute Gasteiger partial charge is 0.345 e. The zero-order valence-corrected chi connectivity index (χ0v) is 12.9. The smallest absolute Gasteiger partial charge is 0.269 e. The summed E-state index contributed by atoms with van der Waals surface area (Å²) in [5.74, 6) is 0.263. The van der Waals surface area contributed by atoms with Crippen LogP contribution in [0.25, 0.3) is 5.69 Å². The topological polar surface area (TPSA) is 102 Å². The maximum Gasteiger partial charge on any atom is 0.269 e. The summed E-state index contributed by atoms with van der Waals surface area (Å²) in [6.07, 6.45) is 0.910. The molecule has 3 aromatic rings. The molecule has 0 spiro atoms. The first-order valence-electron chi connectivity index (χ1n) is 7.59. The number of benzene rings is 2. The quantitative estimate of drug-likeness (QED) is 0.566. The van der Waals surface area contributed by atoms with Gasteiger partial charge in [-0.15, -0.1) is 0 Å². The third-order valence-corrected chi connectivity index (χ3v) is 3.99. The molecule has 0 radical (unpaired) electrons. The van der Waals surface area contributed by atoms with E-state index in [2.05, 4.69) is 15.7 Å². The number of aromatic nitrogens is 2. The highest BCUT2D eigenvalue weighted by molar-refractivity contribution is 6.01. The van der Waals surface area contributed by atoms with E-state index < -0.39 is 11.1 Å². The highest BCUT2D eigenvalue weighted by Gasteiger charge is 2.29. The van der Waals surface area contributed by atoms with Gasteiger partial charge in [-0.3, -0.25) is 14.9 Å². The minimum Gasteiger partial charge on any atom is -0.345 e. The molecular formula is C17H13N5O3. The lowest BCUT2D eigenvalue weighted by Crippen LogP contribution is -2.38. The second-order valence-electron chi connectivity index (χ2n) is 5.56. The Balaban J connectivity index is 1.73. The Morgan fingerprint density at radius 2 is 1.88 bits per heavy atom. The normalized spacial score (nSPS) is 15.8. The molecule has 25 heavy (non-hydrogen) atoms. The lowest BCUT2D eigenvalue weighted by molar-refractivity contribution is -0.384. The highest BCUT2D eigenvalue weighted by Crippen LogP contribution is 2.29. The van der Waals surface area contributed by atoms with Crippen LogP contribution in [0, 0.1) is 10.1 Å². The molecule has 4 rings (SSSR count). The third kappa shape index (κ3) is 2.59. The molecule has 0 saturated heterocycles. The fourth-order valence-corrected chi connectivity index (χ4v) is 2.78. The van der Waals surface area contributed by atoms with Crippen LogP contribution in [0.15, 0.2) is 60.8 Å². The van der Waals surface area contributed by atoms with Crippen LogP contribution in [-0.4, -0.2) is 20.6 Å². The van der Waals surface area contributed by atoms with E-state index in [9.17, 15) is 14.9 Å². The van der Waals surface area contributed by atoms with Gasteiger partial charge in [-0.05, 0) is 12.1 Å². The molecule has 0 bridgehead atoms. The number of hydrogen-bond donors (Lipinski definition) is 2. The van der Waals surface area contributed by atoms with Gasteiger partial charge in [0.05, 0.1) is 16.8 Å². The van der Waals surface area contributed by atoms with Gasteiger partial charge in [0.2, 0.25) is 0 Å². The summed E-state index contributed by atoms with van der Waals surface area (Å²) in [7, 11) is 0. The van der Waals surface area contributed by atoms with E-state index in [1.165, 1.54) is 18.3 Å². The number of fused-ring (bicyclic) bond motifs is 1. The minimum atomic E-state index is -0.584. The van der Waals surface area contributed by atoms with Gasteiger partial charge in [0, 0.05) is 17.7 Å². The first-order valence-corrected chi connectivity index (χ1v) is 7.59. The van der Waals surface area contributed by atoms with E-state index in [0.29, 0.717) is 16.9 Å². The van der Waals surface area contributed by atoms with Gasteiger partial charge in [0.15, 0.2) is 0 Å². The number of nitro benzene ring substituents is 1. The maximum atomic E-state index is 12.4. The molecule has 2 aromatic carbocycles. The van der Waals surface area contributed by atoms with E-state index in [0.717, 1.165) is 5.69 Å². The maximum absolute atomic E-state index is 12.4. The van der Waals surface area contributed by atoms with E-state index in [-0.39, 0.29) is 11.6 Å². The Kier molecular flexibility index (Phi) is 3.42. The molecule has 1 amide bonds.